The van der Waals surface area contributed by atoms with Gasteiger partial charge in [-0.1, -0.05) is 20.8 Å². The molecule has 0 spiro atoms. The van der Waals surface area contributed by atoms with Crippen LogP contribution >= 0.6 is 0 Å². The van der Waals surface area contributed by atoms with Gasteiger partial charge >= 0.3 is 0 Å². The maximum Gasteiger partial charge on any atom is 0.0710 e. The summed E-state index contributed by atoms with van der Waals surface area (Å²) >= 11 is 0. The van der Waals surface area contributed by atoms with Gasteiger partial charge in [0.25, 0.3) is 0 Å². The van der Waals surface area contributed by atoms with Gasteiger partial charge in [-0.05, 0) is 18.5 Å². The molecule has 0 radical (unpaired) electrons. The third kappa shape index (κ3) is 1.69. The molecule has 1 aromatic heterocycles. The highest BCUT2D eigenvalue weighted by Gasteiger charge is 2.24. The van der Waals surface area contributed by atoms with Crippen molar-refractivity contribution in [1.29, 1.82) is 0 Å². The highest BCUT2D eigenvalue weighted by Crippen LogP contribution is 2.26. The number of hydrogen-bond acceptors (Lipinski definition) is 2. The first-order valence-electron chi connectivity index (χ1n) is 5.36. The minimum absolute atomic E-state index is 0.161. The van der Waals surface area contributed by atoms with E-state index < -0.39 is 0 Å². The van der Waals surface area contributed by atoms with Gasteiger partial charge in [0.1, 0.15) is 0 Å². The zero-order valence-corrected chi connectivity index (χ0v) is 9.28. The molecule has 1 aliphatic heterocycles. The lowest BCUT2D eigenvalue weighted by Crippen LogP contribution is -2.18. The Labute approximate surface area is 85.3 Å². The monoisotopic (exact) mass is 193 g/mol. The lowest BCUT2D eigenvalue weighted by Gasteiger charge is -2.17. The standard InChI is InChI=1S/C11H19N3/c1-11(2,3)10-8-4-6-12-7-5-9(8)13-14-10/h12H,4-7H2,1-3H3,(H,13,14). The molecule has 2 N–H and O–H groups in total. The van der Waals surface area contributed by atoms with Crippen molar-refractivity contribution in [1.82, 2.24) is 15.5 Å². The Balaban J connectivity index is 2.39. The number of H-pyrrole nitrogens is 1. The van der Waals surface area contributed by atoms with Gasteiger partial charge in [-0.25, -0.2) is 0 Å². The van der Waals surface area contributed by atoms with E-state index in [0.717, 1.165) is 25.9 Å². The highest BCUT2D eigenvalue weighted by atomic mass is 15.1. The average molecular weight is 193 g/mol. The molecule has 0 fully saturated rings. The van der Waals surface area contributed by atoms with Gasteiger partial charge in [0.15, 0.2) is 0 Å². The van der Waals surface area contributed by atoms with Gasteiger partial charge in [-0.15, -0.1) is 0 Å². The number of nitrogens with one attached hydrogen (secondary N) is 2. The van der Waals surface area contributed by atoms with Crippen LogP contribution in [0.5, 0.6) is 0 Å². The van der Waals surface area contributed by atoms with Crippen LogP contribution in [-0.4, -0.2) is 23.3 Å². The maximum absolute atomic E-state index is 4.46. The van der Waals surface area contributed by atoms with Gasteiger partial charge in [-0.2, -0.15) is 5.10 Å². The van der Waals surface area contributed by atoms with Crippen molar-refractivity contribution in [3.63, 3.8) is 0 Å². The molecular weight excluding hydrogens is 174 g/mol. The third-order valence-electron chi connectivity index (χ3n) is 2.77. The van der Waals surface area contributed by atoms with Crippen LogP contribution in [0, 0.1) is 0 Å². The minimum atomic E-state index is 0.161. The molecule has 1 aliphatic rings. The van der Waals surface area contributed by atoms with E-state index in [1.165, 1.54) is 17.0 Å². The van der Waals surface area contributed by atoms with E-state index in [9.17, 15) is 0 Å². The SMILES string of the molecule is CC(C)(C)c1n[nH]c2c1CCNCC2. The number of nitrogens with zero attached hydrogens (tertiary/aromatic N) is 1. The second kappa shape index (κ2) is 3.39. The lowest BCUT2D eigenvalue weighted by atomic mass is 9.88. The number of aromatic amines is 1. The highest BCUT2D eigenvalue weighted by molar-refractivity contribution is 5.31. The summed E-state index contributed by atoms with van der Waals surface area (Å²) in [6, 6.07) is 0. The van der Waals surface area contributed by atoms with Crippen molar-refractivity contribution < 1.29 is 0 Å². The van der Waals surface area contributed by atoms with Gasteiger partial charge in [0.05, 0.1) is 5.69 Å². The van der Waals surface area contributed by atoms with Crippen LogP contribution in [0.4, 0.5) is 0 Å². The molecular formula is C11H19N3. The van der Waals surface area contributed by atoms with Crippen molar-refractivity contribution in [2.75, 3.05) is 13.1 Å². The molecule has 0 aliphatic carbocycles. The van der Waals surface area contributed by atoms with Crippen LogP contribution in [0.15, 0.2) is 0 Å². The van der Waals surface area contributed by atoms with E-state index in [-0.39, 0.29) is 5.41 Å². The van der Waals surface area contributed by atoms with Gasteiger partial charge in [-0.3, -0.25) is 5.10 Å². The summed E-state index contributed by atoms with van der Waals surface area (Å²) in [5, 5.41) is 11.1. The minimum Gasteiger partial charge on any atom is -0.316 e. The predicted molar refractivity (Wildman–Crippen MR) is 57.6 cm³/mol. The molecule has 3 heteroatoms. The van der Waals surface area contributed by atoms with Crippen molar-refractivity contribution in [2.24, 2.45) is 0 Å². The summed E-state index contributed by atoms with van der Waals surface area (Å²) in [4.78, 5) is 0. The van der Waals surface area contributed by atoms with Crippen LogP contribution in [0.25, 0.3) is 0 Å². The van der Waals surface area contributed by atoms with Crippen molar-refractivity contribution in [3.05, 3.63) is 17.0 Å². The van der Waals surface area contributed by atoms with Crippen molar-refractivity contribution in [3.8, 4) is 0 Å². The fraction of sp³-hybridized carbons (Fsp3) is 0.727. The molecule has 0 unspecified atom stereocenters. The normalized spacial score (nSPS) is 17.6. The average Bonchev–Trinajstić information content (AvgIpc) is 2.36. The van der Waals surface area contributed by atoms with Gasteiger partial charge < -0.3 is 5.32 Å². The number of aromatic nitrogens is 2. The summed E-state index contributed by atoms with van der Waals surface area (Å²) in [7, 11) is 0. The molecule has 0 bridgehead atoms. The first-order chi connectivity index (χ1) is 6.59. The summed E-state index contributed by atoms with van der Waals surface area (Å²) in [6.07, 6.45) is 2.19. The Morgan fingerprint density at radius 1 is 1.14 bits per heavy atom. The quantitative estimate of drug-likeness (QED) is 0.654. The van der Waals surface area contributed by atoms with Crippen LogP contribution in [0.3, 0.4) is 0 Å². The first kappa shape index (κ1) is 9.71. The third-order valence-corrected chi connectivity index (χ3v) is 2.77. The van der Waals surface area contributed by atoms with E-state index in [1.54, 1.807) is 0 Å². The Hall–Kier alpha value is -0.830. The summed E-state index contributed by atoms with van der Waals surface area (Å²) in [5.41, 5.74) is 4.19. The Morgan fingerprint density at radius 2 is 1.86 bits per heavy atom. The van der Waals surface area contributed by atoms with Crippen molar-refractivity contribution in [2.45, 2.75) is 39.0 Å². The molecule has 78 valence electrons. The molecule has 2 heterocycles. The Morgan fingerprint density at radius 3 is 2.57 bits per heavy atom. The van der Waals surface area contributed by atoms with E-state index in [4.69, 9.17) is 0 Å². The van der Waals surface area contributed by atoms with Crippen LogP contribution in [-0.2, 0) is 18.3 Å². The van der Waals surface area contributed by atoms with Crippen LogP contribution in [0.2, 0.25) is 0 Å². The summed E-state index contributed by atoms with van der Waals surface area (Å²) < 4.78 is 0. The van der Waals surface area contributed by atoms with E-state index in [1.807, 2.05) is 0 Å². The maximum atomic E-state index is 4.46. The summed E-state index contributed by atoms with van der Waals surface area (Å²) in [5.74, 6) is 0. The fourth-order valence-electron chi connectivity index (χ4n) is 2.05. The fourth-order valence-corrected chi connectivity index (χ4v) is 2.05. The molecule has 0 atom stereocenters. The molecule has 2 rings (SSSR count). The Bertz CT molecular complexity index is 320. The molecule has 14 heavy (non-hydrogen) atoms. The first-order valence-corrected chi connectivity index (χ1v) is 5.36. The Kier molecular flexibility index (Phi) is 2.35. The van der Waals surface area contributed by atoms with E-state index in [2.05, 4.69) is 36.3 Å². The summed E-state index contributed by atoms with van der Waals surface area (Å²) in [6.45, 7) is 8.82. The number of fused-ring (bicyclic) bond motifs is 1. The predicted octanol–water partition coefficient (Wildman–Crippen LogP) is 1.40. The van der Waals surface area contributed by atoms with Crippen molar-refractivity contribution >= 4 is 0 Å². The second-order valence-corrected chi connectivity index (χ2v) is 5.03. The van der Waals surface area contributed by atoms with E-state index in [0.29, 0.717) is 0 Å². The lowest BCUT2D eigenvalue weighted by molar-refractivity contribution is 0.558. The zero-order chi connectivity index (χ0) is 10.2. The molecule has 0 amide bonds. The molecule has 3 nitrogen and oxygen atoms in total. The molecule has 1 aromatic rings. The molecule has 0 saturated carbocycles. The number of rotatable bonds is 0. The topological polar surface area (TPSA) is 40.7 Å². The largest absolute Gasteiger partial charge is 0.316 e. The molecule has 0 saturated heterocycles. The van der Waals surface area contributed by atoms with Gasteiger partial charge in [0, 0.05) is 24.1 Å². The smallest absolute Gasteiger partial charge is 0.0710 e. The van der Waals surface area contributed by atoms with Crippen LogP contribution < -0.4 is 5.32 Å². The second-order valence-electron chi connectivity index (χ2n) is 5.03. The molecule has 0 aromatic carbocycles. The zero-order valence-electron chi connectivity index (χ0n) is 9.28. The number of hydrogen-bond donors (Lipinski definition) is 2. The van der Waals surface area contributed by atoms with E-state index >= 15 is 0 Å². The van der Waals surface area contributed by atoms with Gasteiger partial charge in [0.2, 0.25) is 0 Å². The van der Waals surface area contributed by atoms with Crippen LogP contribution in [0.1, 0.15) is 37.7 Å².